The van der Waals surface area contributed by atoms with Crippen LogP contribution in [0, 0.1) is 0 Å². The molecular weight excluding hydrogens is 402 g/mol. The van der Waals surface area contributed by atoms with Crippen molar-refractivity contribution in [2.45, 2.75) is 71.3 Å². The molecule has 2 amide bonds. The van der Waals surface area contributed by atoms with E-state index in [1.165, 1.54) is 0 Å². The number of alkyl halides is 2. The molecule has 0 saturated heterocycles. The SMILES string of the molecule is CC(C)(C)OC(=O)N1Cc2c(C(N)=O)nn(COCC[Si](C)(C)C)c2C(F)(F)C1. The van der Waals surface area contributed by atoms with Crippen molar-refractivity contribution < 1.29 is 27.8 Å². The molecule has 2 N–H and O–H groups in total. The van der Waals surface area contributed by atoms with Gasteiger partial charge in [0.05, 0.1) is 13.1 Å². The molecule has 1 aliphatic rings. The Hall–Kier alpha value is -2.01. The molecule has 1 aromatic heterocycles. The maximum Gasteiger partial charge on any atom is 0.410 e. The summed E-state index contributed by atoms with van der Waals surface area (Å²) >= 11 is 0. The molecule has 0 aromatic carbocycles. The van der Waals surface area contributed by atoms with Crippen LogP contribution in [0.5, 0.6) is 0 Å². The maximum atomic E-state index is 15.0. The van der Waals surface area contributed by atoms with Crippen molar-refractivity contribution in [3.05, 3.63) is 17.0 Å². The molecular formula is C18H30F2N4O4Si. The average Bonchev–Trinajstić information content (AvgIpc) is 2.88. The van der Waals surface area contributed by atoms with Crippen LogP contribution in [-0.4, -0.2) is 53.5 Å². The Morgan fingerprint density at radius 3 is 2.41 bits per heavy atom. The summed E-state index contributed by atoms with van der Waals surface area (Å²) in [6.07, 6.45) is -0.891. The molecule has 164 valence electrons. The number of halogens is 2. The minimum atomic E-state index is -3.44. The Labute approximate surface area is 170 Å². The number of hydrogen-bond acceptors (Lipinski definition) is 5. The number of aromatic nitrogens is 2. The molecule has 29 heavy (non-hydrogen) atoms. The van der Waals surface area contributed by atoms with Gasteiger partial charge in [-0.25, -0.2) is 9.48 Å². The Bertz CT molecular complexity index is 784. The lowest BCUT2D eigenvalue weighted by molar-refractivity contribution is -0.0692. The number of amides is 2. The zero-order valence-electron chi connectivity index (χ0n) is 17.8. The fourth-order valence-electron chi connectivity index (χ4n) is 2.90. The highest BCUT2D eigenvalue weighted by Gasteiger charge is 2.48. The maximum absolute atomic E-state index is 15.0. The number of ether oxygens (including phenoxy) is 2. The highest BCUT2D eigenvalue weighted by molar-refractivity contribution is 6.76. The number of nitrogens with two attached hydrogens (primary N) is 1. The van der Waals surface area contributed by atoms with Gasteiger partial charge < -0.3 is 15.2 Å². The minimum absolute atomic E-state index is 0.0756. The summed E-state index contributed by atoms with van der Waals surface area (Å²) in [5.41, 5.74) is 3.69. The first kappa shape index (κ1) is 23.3. The number of rotatable bonds is 6. The zero-order chi connectivity index (χ0) is 22.2. The standard InChI is InChI=1S/C18H30F2N4O4Si/c1-17(2,3)28-16(26)23-9-12-13(15(21)25)22-24(14(12)18(19,20)10-23)11-27-7-8-29(4,5)6/h7-11H2,1-6H3,(H2,21,25). The zero-order valence-corrected chi connectivity index (χ0v) is 18.8. The van der Waals surface area contributed by atoms with E-state index in [1.54, 1.807) is 20.8 Å². The molecule has 2 rings (SSSR count). The smallest absolute Gasteiger partial charge is 0.410 e. The van der Waals surface area contributed by atoms with E-state index in [2.05, 4.69) is 24.7 Å². The van der Waals surface area contributed by atoms with Crippen molar-refractivity contribution >= 4 is 20.1 Å². The Kier molecular flexibility index (Phi) is 6.43. The predicted molar refractivity (Wildman–Crippen MR) is 105 cm³/mol. The number of fused-ring (bicyclic) bond motifs is 1. The van der Waals surface area contributed by atoms with Gasteiger partial charge in [0.15, 0.2) is 5.69 Å². The summed E-state index contributed by atoms with van der Waals surface area (Å²) in [5, 5.41) is 3.96. The molecule has 1 aromatic rings. The number of nitrogens with zero attached hydrogens (tertiary/aromatic N) is 3. The fraction of sp³-hybridized carbons (Fsp3) is 0.722. The van der Waals surface area contributed by atoms with Gasteiger partial charge >= 0.3 is 12.0 Å². The van der Waals surface area contributed by atoms with Gasteiger partial charge in [0, 0.05) is 20.2 Å². The Morgan fingerprint density at radius 1 is 1.28 bits per heavy atom. The second kappa shape index (κ2) is 8.02. The molecule has 0 atom stereocenters. The number of carbonyl (C=O) groups excluding carboxylic acids is 2. The van der Waals surface area contributed by atoms with Gasteiger partial charge in [-0.1, -0.05) is 19.6 Å². The fourth-order valence-corrected chi connectivity index (χ4v) is 3.65. The van der Waals surface area contributed by atoms with E-state index in [9.17, 15) is 18.4 Å². The number of primary amides is 1. The van der Waals surface area contributed by atoms with Crippen molar-refractivity contribution in [3.8, 4) is 0 Å². The van der Waals surface area contributed by atoms with Gasteiger partial charge in [-0.05, 0) is 26.8 Å². The molecule has 8 nitrogen and oxygen atoms in total. The normalized spacial score (nSPS) is 16.5. The third kappa shape index (κ3) is 5.98. The third-order valence-electron chi connectivity index (χ3n) is 4.23. The molecule has 1 aliphatic heterocycles. The van der Waals surface area contributed by atoms with Gasteiger partial charge in [-0.3, -0.25) is 9.69 Å². The number of hydrogen-bond donors (Lipinski definition) is 1. The minimum Gasteiger partial charge on any atom is -0.444 e. The second-order valence-electron chi connectivity index (χ2n) is 9.43. The quantitative estimate of drug-likeness (QED) is 0.550. The molecule has 0 aliphatic carbocycles. The van der Waals surface area contributed by atoms with Crippen molar-refractivity contribution in [1.82, 2.24) is 14.7 Å². The van der Waals surface area contributed by atoms with Crippen LogP contribution >= 0.6 is 0 Å². The van der Waals surface area contributed by atoms with E-state index in [-0.39, 0.29) is 24.5 Å². The van der Waals surface area contributed by atoms with Crippen LogP contribution in [0.3, 0.4) is 0 Å². The summed E-state index contributed by atoms with van der Waals surface area (Å²) in [5.74, 6) is -4.38. The van der Waals surface area contributed by atoms with Crippen LogP contribution in [-0.2, 0) is 28.7 Å². The van der Waals surface area contributed by atoms with Gasteiger partial charge in [0.2, 0.25) is 0 Å². The predicted octanol–water partition coefficient (Wildman–Crippen LogP) is 3.14. The lowest BCUT2D eigenvalue weighted by Gasteiger charge is -2.34. The molecule has 0 bridgehead atoms. The van der Waals surface area contributed by atoms with E-state index in [1.807, 2.05) is 0 Å². The van der Waals surface area contributed by atoms with E-state index in [0.29, 0.717) is 6.61 Å². The monoisotopic (exact) mass is 432 g/mol. The number of carbonyl (C=O) groups is 2. The first-order chi connectivity index (χ1) is 13.1. The lowest BCUT2D eigenvalue weighted by Crippen LogP contribution is -2.46. The van der Waals surface area contributed by atoms with Gasteiger partial charge in [0.25, 0.3) is 5.91 Å². The topological polar surface area (TPSA) is 99.7 Å². The van der Waals surface area contributed by atoms with Crippen molar-refractivity contribution in [3.63, 3.8) is 0 Å². The Morgan fingerprint density at radius 2 is 1.90 bits per heavy atom. The van der Waals surface area contributed by atoms with Crippen LogP contribution in [0.4, 0.5) is 13.6 Å². The van der Waals surface area contributed by atoms with Crippen LogP contribution in [0.15, 0.2) is 0 Å². The average molecular weight is 433 g/mol. The highest BCUT2D eigenvalue weighted by Crippen LogP contribution is 2.38. The largest absolute Gasteiger partial charge is 0.444 e. The molecule has 0 saturated carbocycles. The van der Waals surface area contributed by atoms with Gasteiger partial charge in [-0.2, -0.15) is 13.9 Å². The van der Waals surface area contributed by atoms with Crippen molar-refractivity contribution in [2.75, 3.05) is 13.2 Å². The summed E-state index contributed by atoms with van der Waals surface area (Å²) in [6, 6.07) is 0.863. The molecule has 2 heterocycles. The van der Waals surface area contributed by atoms with Crippen LogP contribution in [0.1, 0.15) is 42.5 Å². The van der Waals surface area contributed by atoms with Crippen molar-refractivity contribution in [1.29, 1.82) is 0 Å². The highest BCUT2D eigenvalue weighted by atomic mass is 28.3. The molecule has 0 fully saturated rings. The second-order valence-corrected chi connectivity index (χ2v) is 15.0. The summed E-state index contributed by atoms with van der Waals surface area (Å²) in [6.45, 7) is 10.5. The van der Waals surface area contributed by atoms with Crippen LogP contribution in [0.2, 0.25) is 25.7 Å². The Balaban J connectivity index is 2.29. The summed E-state index contributed by atoms with van der Waals surface area (Å²) < 4.78 is 41.6. The van der Waals surface area contributed by atoms with E-state index in [0.717, 1.165) is 15.6 Å². The van der Waals surface area contributed by atoms with Crippen molar-refractivity contribution in [2.24, 2.45) is 5.73 Å². The van der Waals surface area contributed by atoms with Crippen LogP contribution < -0.4 is 5.73 Å². The lowest BCUT2D eigenvalue weighted by atomic mass is 10.0. The van der Waals surface area contributed by atoms with E-state index in [4.69, 9.17) is 15.2 Å². The van der Waals surface area contributed by atoms with E-state index >= 15 is 0 Å². The summed E-state index contributed by atoms with van der Waals surface area (Å²) in [7, 11) is -1.34. The third-order valence-corrected chi connectivity index (χ3v) is 5.93. The van der Waals surface area contributed by atoms with Crippen LogP contribution in [0.25, 0.3) is 0 Å². The van der Waals surface area contributed by atoms with Gasteiger partial charge in [-0.15, -0.1) is 0 Å². The first-order valence-electron chi connectivity index (χ1n) is 9.44. The van der Waals surface area contributed by atoms with E-state index < -0.39 is 43.8 Å². The first-order valence-corrected chi connectivity index (χ1v) is 13.1. The molecule has 0 radical (unpaired) electrons. The summed E-state index contributed by atoms with van der Waals surface area (Å²) in [4.78, 5) is 25.0. The van der Waals surface area contributed by atoms with Gasteiger partial charge in [0.1, 0.15) is 18.0 Å². The molecule has 11 heteroatoms. The molecule has 0 unspecified atom stereocenters. The molecule has 0 spiro atoms.